The fourth-order valence-corrected chi connectivity index (χ4v) is 3.31. The lowest BCUT2D eigenvalue weighted by Gasteiger charge is -2.36. The van der Waals surface area contributed by atoms with Gasteiger partial charge in [-0.3, -0.25) is 4.79 Å². The summed E-state index contributed by atoms with van der Waals surface area (Å²) in [4.78, 5) is 26.7. The van der Waals surface area contributed by atoms with Crippen LogP contribution in [0.1, 0.15) is 28.4 Å². The molecule has 2 heterocycles. The number of nitrogens with two attached hydrogens (primary N) is 1. The normalized spacial score (nSPS) is 16.3. The van der Waals surface area contributed by atoms with Crippen molar-refractivity contribution in [2.45, 2.75) is 25.3 Å². The maximum Gasteiger partial charge on any atom is 0.416 e. The van der Waals surface area contributed by atoms with E-state index < -0.39 is 41.0 Å². The van der Waals surface area contributed by atoms with Crippen LogP contribution in [0.3, 0.4) is 0 Å². The molecular weight excluding hydrogens is 480 g/mol. The molecule has 1 aromatic heterocycles. The third-order valence-electron chi connectivity index (χ3n) is 5.18. The lowest BCUT2D eigenvalue weighted by atomic mass is 10.0. The Kier molecular flexibility index (Phi) is 7.78. The van der Waals surface area contributed by atoms with Gasteiger partial charge in [-0.25, -0.2) is 15.0 Å². The van der Waals surface area contributed by atoms with Crippen LogP contribution in [0.15, 0.2) is 52.6 Å². The summed E-state index contributed by atoms with van der Waals surface area (Å²) in [5.74, 6) is -1.02. The second-order valence-electron chi connectivity index (χ2n) is 7.77. The lowest BCUT2D eigenvalue weighted by Crippen LogP contribution is -2.49. The number of ether oxygens (including phenoxy) is 1. The maximum absolute atomic E-state index is 13.4. The zero-order chi connectivity index (χ0) is 25.8. The topological polar surface area (TPSA) is 93.2 Å². The Morgan fingerprint density at radius 2 is 1.80 bits per heavy atom. The molecule has 1 unspecified atom stereocenters. The number of aromatic nitrogens is 1. The highest BCUT2D eigenvalue weighted by atomic mass is 19.4. The number of halogens is 6. The summed E-state index contributed by atoms with van der Waals surface area (Å²) in [7, 11) is 0. The summed E-state index contributed by atoms with van der Waals surface area (Å²) in [6.07, 6.45) is -7.81. The van der Waals surface area contributed by atoms with Gasteiger partial charge in [0.1, 0.15) is 0 Å². The Bertz CT molecular complexity index is 1070. The summed E-state index contributed by atoms with van der Waals surface area (Å²) in [5.41, 5.74) is 1.47. The smallest absolute Gasteiger partial charge is 0.390 e. The van der Waals surface area contributed by atoms with Crippen molar-refractivity contribution in [2.75, 3.05) is 19.8 Å². The van der Waals surface area contributed by atoms with E-state index in [1.54, 1.807) is 18.2 Å². The Morgan fingerprint density at radius 3 is 2.26 bits per heavy atom. The van der Waals surface area contributed by atoms with Gasteiger partial charge in [0.2, 0.25) is 0 Å². The monoisotopic (exact) mass is 501 g/mol. The summed E-state index contributed by atoms with van der Waals surface area (Å²) in [6, 6.07) is 4.63. The van der Waals surface area contributed by atoms with E-state index in [-0.39, 0.29) is 43.4 Å². The van der Waals surface area contributed by atoms with Crippen LogP contribution < -0.4 is 5.73 Å². The molecule has 0 saturated carbocycles. The molecule has 1 fully saturated rings. The number of carbonyl (C=O) groups excluding carboxylic acids is 1. The molecule has 188 valence electrons. The van der Waals surface area contributed by atoms with Crippen molar-refractivity contribution in [3.63, 3.8) is 0 Å². The van der Waals surface area contributed by atoms with Crippen molar-refractivity contribution >= 4 is 23.9 Å². The van der Waals surface area contributed by atoms with Crippen molar-refractivity contribution in [3.05, 3.63) is 59.3 Å². The molecule has 0 radical (unpaired) electrons. The van der Waals surface area contributed by atoms with Crippen LogP contribution in [-0.2, 0) is 17.1 Å². The van der Waals surface area contributed by atoms with Crippen LogP contribution in [0.25, 0.3) is 0 Å². The van der Waals surface area contributed by atoms with Crippen LogP contribution in [0.5, 0.6) is 0 Å². The highest BCUT2D eigenvalue weighted by molar-refractivity contribution is 6.01. The Hall–Kier alpha value is -3.48. The SMILES string of the molecule is CC(C(N=CN)=Nc1ccccn1)N(CC1COC1)C(=O)c1cc(C(F)(F)F)cc(C(F)(F)F)c1. The number of benzene rings is 1. The molecule has 3 rings (SSSR count). The first kappa shape index (κ1) is 26.1. The van der Waals surface area contributed by atoms with E-state index in [1.165, 1.54) is 13.1 Å². The second kappa shape index (κ2) is 10.4. The highest BCUT2D eigenvalue weighted by Crippen LogP contribution is 2.36. The minimum Gasteiger partial charge on any atom is -0.390 e. The summed E-state index contributed by atoms with van der Waals surface area (Å²) in [6.45, 7) is 2.03. The lowest BCUT2D eigenvalue weighted by molar-refractivity contribution is -0.143. The summed E-state index contributed by atoms with van der Waals surface area (Å²) < 4.78 is 85.1. The van der Waals surface area contributed by atoms with E-state index in [0.717, 1.165) is 11.2 Å². The number of alkyl halides is 6. The van der Waals surface area contributed by atoms with Gasteiger partial charge in [-0.1, -0.05) is 6.07 Å². The predicted molar refractivity (Wildman–Crippen MR) is 115 cm³/mol. The Balaban J connectivity index is 2.06. The Labute approximate surface area is 196 Å². The number of carbonyl (C=O) groups is 1. The molecule has 13 heteroatoms. The third-order valence-corrected chi connectivity index (χ3v) is 5.18. The number of aliphatic imine (C=N–C) groups is 2. The van der Waals surface area contributed by atoms with Gasteiger partial charge < -0.3 is 15.4 Å². The van der Waals surface area contributed by atoms with E-state index >= 15 is 0 Å². The van der Waals surface area contributed by atoms with Crippen molar-refractivity contribution in [3.8, 4) is 0 Å². The van der Waals surface area contributed by atoms with Crippen LogP contribution in [0, 0.1) is 5.92 Å². The van der Waals surface area contributed by atoms with Crippen LogP contribution in [0.4, 0.5) is 32.2 Å². The molecule has 7 nitrogen and oxygen atoms in total. The zero-order valence-corrected chi connectivity index (χ0v) is 18.3. The summed E-state index contributed by atoms with van der Waals surface area (Å²) >= 11 is 0. The van der Waals surface area contributed by atoms with Gasteiger partial charge in [-0.2, -0.15) is 26.3 Å². The van der Waals surface area contributed by atoms with Crippen molar-refractivity contribution in [1.29, 1.82) is 0 Å². The molecule has 0 aliphatic carbocycles. The molecule has 0 bridgehead atoms. The van der Waals surface area contributed by atoms with E-state index in [0.29, 0.717) is 12.1 Å². The van der Waals surface area contributed by atoms with Gasteiger partial charge >= 0.3 is 12.4 Å². The van der Waals surface area contributed by atoms with E-state index in [1.807, 2.05) is 0 Å². The van der Waals surface area contributed by atoms with E-state index in [2.05, 4.69) is 15.0 Å². The first-order valence-corrected chi connectivity index (χ1v) is 10.3. The highest BCUT2D eigenvalue weighted by Gasteiger charge is 2.39. The first-order chi connectivity index (χ1) is 16.4. The predicted octanol–water partition coefficient (Wildman–Crippen LogP) is 4.31. The van der Waals surface area contributed by atoms with Crippen molar-refractivity contribution in [2.24, 2.45) is 21.6 Å². The van der Waals surface area contributed by atoms with E-state index in [9.17, 15) is 31.1 Å². The molecule has 1 saturated heterocycles. The van der Waals surface area contributed by atoms with Gasteiger partial charge in [0, 0.05) is 24.2 Å². The van der Waals surface area contributed by atoms with Gasteiger partial charge in [0.15, 0.2) is 11.7 Å². The number of hydrogen-bond acceptors (Lipinski definition) is 4. The van der Waals surface area contributed by atoms with Gasteiger partial charge in [0.05, 0.1) is 36.7 Å². The molecule has 1 amide bonds. The minimum atomic E-state index is -5.09. The van der Waals surface area contributed by atoms with Gasteiger partial charge in [0.25, 0.3) is 5.91 Å². The van der Waals surface area contributed by atoms with Crippen LogP contribution in [-0.4, -0.2) is 53.8 Å². The molecular formula is C22H21F6N5O2. The molecule has 35 heavy (non-hydrogen) atoms. The summed E-state index contributed by atoms with van der Waals surface area (Å²) in [5, 5.41) is 0. The third kappa shape index (κ3) is 6.56. The standard InChI is InChI=1S/C22H21F6N5O2/c1-13(19(31-12-29)32-18-4-2-3-5-30-18)33(9-14-10-35-11-14)20(34)15-6-16(21(23,24)25)8-17(7-15)22(26,27)28/h2-8,12-14H,9-11H2,1H3,(H2,29,30,31,32). The Morgan fingerprint density at radius 1 is 1.17 bits per heavy atom. The number of amides is 1. The average molecular weight is 501 g/mol. The number of amidine groups is 1. The first-order valence-electron chi connectivity index (χ1n) is 10.3. The largest absolute Gasteiger partial charge is 0.416 e. The van der Waals surface area contributed by atoms with Crippen LogP contribution >= 0.6 is 0 Å². The number of nitrogens with zero attached hydrogens (tertiary/aromatic N) is 4. The molecule has 1 aliphatic heterocycles. The van der Waals surface area contributed by atoms with Gasteiger partial charge in [-0.15, -0.1) is 0 Å². The second-order valence-corrected chi connectivity index (χ2v) is 7.77. The van der Waals surface area contributed by atoms with Crippen molar-refractivity contribution < 1.29 is 35.9 Å². The zero-order valence-electron chi connectivity index (χ0n) is 18.3. The minimum absolute atomic E-state index is 0.0113. The maximum atomic E-state index is 13.4. The quantitative estimate of drug-likeness (QED) is 0.363. The fourth-order valence-electron chi connectivity index (χ4n) is 3.31. The number of rotatable bonds is 6. The van der Waals surface area contributed by atoms with Crippen LogP contribution in [0.2, 0.25) is 0 Å². The fraction of sp³-hybridized carbons (Fsp3) is 0.364. The molecule has 2 N–H and O–H groups in total. The number of hydrogen-bond donors (Lipinski definition) is 1. The molecule has 0 spiro atoms. The van der Waals surface area contributed by atoms with Crippen molar-refractivity contribution in [1.82, 2.24) is 9.88 Å². The van der Waals surface area contributed by atoms with Gasteiger partial charge in [-0.05, 0) is 37.3 Å². The molecule has 1 aliphatic rings. The molecule has 2 aromatic rings. The number of pyridine rings is 1. The molecule has 1 atom stereocenters. The molecule has 1 aromatic carbocycles. The average Bonchev–Trinajstić information content (AvgIpc) is 2.76. The van der Waals surface area contributed by atoms with E-state index in [4.69, 9.17) is 10.5 Å².